The van der Waals surface area contributed by atoms with E-state index in [2.05, 4.69) is 9.98 Å². The number of carbonyl (C=O) groups excluding carboxylic acids is 1. The van der Waals surface area contributed by atoms with Crippen LogP contribution in [0.5, 0.6) is 5.75 Å². The minimum absolute atomic E-state index is 0.310. The third-order valence-electron chi connectivity index (χ3n) is 3.03. The number of methoxy groups -OCH3 is 1. The van der Waals surface area contributed by atoms with Crippen LogP contribution in [0.15, 0.2) is 47.5 Å². The summed E-state index contributed by atoms with van der Waals surface area (Å²) in [5.74, 6) is 0.396. The molecule has 2 heterocycles. The van der Waals surface area contributed by atoms with Gasteiger partial charge in [-0.1, -0.05) is 6.07 Å². The van der Waals surface area contributed by atoms with E-state index >= 15 is 0 Å². The van der Waals surface area contributed by atoms with Crippen LogP contribution in [0.4, 0.5) is 0 Å². The van der Waals surface area contributed by atoms with E-state index in [4.69, 9.17) is 4.74 Å². The molecule has 0 aliphatic carbocycles. The molecule has 106 valence electrons. The molecule has 0 fully saturated rings. The fourth-order valence-electron chi connectivity index (χ4n) is 1.92. The number of pyridine rings is 1. The molecule has 1 amide bonds. The monoisotopic (exact) mass is 299 g/mol. The van der Waals surface area contributed by atoms with Crippen LogP contribution in [-0.4, -0.2) is 21.8 Å². The van der Waals surface area contributed by atoms with Crippen molar-refractivity contribution in [3.63, 3.8) is 0 Å². The maximum Gasteiger partial charge on any atom is 0.279 e. The van der Waals surface area contributed by atoms with Crippen molar-refractivity contribution in [2.45, 2.75) is 6.92 Å². The van der Waals surface area contributed by atoms with Gasteiger partial charge in [-0.2, -0.15) is 9.98 Å². The number of ether oxygens (including phenoxy) is 1. The number of hydrogen-bond acceptors (Lipinski definition) is 4. The molecule has 0 aliphatic rings. The summed E-state index contributed by atoms with van der Waals surface area (Å²) in [5, 5.41) is 0. The molecule has 0 N–H and O–H groups in total. The van der Waals surface area contributed by atoms with E-state index in [1.54, 1.807) is 31.4 Å². The van der Waals surface area contributed by atoms with Gasteiger partial charge < -0.3 is 4.74 Å². The summed E-state index contributed by atoms with van der Waals surface area (Å²) in [6.07, 6.45) is 0. The van der Waals surface area contributed by atoms with Gasteiger partial charge in [-0.25, -0.2) is 0 Å². The number of aryl methyl sites for hydroxylation is 1. The van der Waals surface area contributed by atoms with E-state index in [0.717, 1.165) is 11.3 Å². The molecule has 6 heteroatoms. The normalized spacial score (nSPS) is 11.8. The third-order valence-corrected chi connectivity index (χ3v) is 4.03. The lowest BCUT2D eigenvalue weighted by Crippen LogP contribution is -2.04. The number of aromatic nitrogens is 2. The summed E-state index contributed by atoms with van der Waals surface area (Å²) in [7, 11) is 1.59. The molecular formula is C15H13N3O2S. The van der Waals surface area contributed by atoms with Crippen LogP contribution in [0.3, 0.4) is 0 Å². The zero-order chi connectivity index (χ0) is 14.8. The number of carbonyl (C=O) groups is 1. The Labute approximate surface area is 125 Å². The van der Waals surface area contributed by atoms with Crippen molar-refractivity contribution < 1.29 is 9.53 Å². The molecule has 0 atom stereocenters. The number of rotatable bonds is 2. The topological polar surface area (TPSA) is 56.0 Å². The Bertz CT molecular complexity index is 863. The molecule has 0 saturated heterocycles. The SMILES string of the molecule is COc1ccc(C(=O)N=c2nc3cccc(C)n3s2)cc1. The average molecular weight is 299 g/mol. The van der Waals surface area contributed by atoms with E-state index in [1.165, 1.54) is 11.5 Å². The molecule has 0 unspecified atom stereocenters. The van der Waals surface area contributed by atoms with Crippen molar-refractivity contribution in [3.8, 4) is 5.75 Å². The van der Waals surface area contributed by atoms with Gasteiger partial charge in [0.15, 0.2) is 0 Å². The zero-order valence-electron chi connectivity index (χ0n) is 11.6. The first-order valence-corrected chi connectivity index (χ1v) is 7.13. The van der Waals surface area contributed by atoms with Gasteiger partial charge in [0.2, 0.25) is 4.80 Å². The Morgan fingerprint density at radius 2 is 2.00 bits per heavy atom. The molecule has 1 aromatic carbocycles. The predicted octanol–water partition coefficient (Wildman–Crippen LogP) is 2.45. The molecule has 2 aromatic heterocycles. The maximum absolute atomic E-state index is 12.1. The largest absolute Gasteiger partial charge is 0.497 e. The highest BCUT2D eigenvalue weighted by molar-refractivity contribution is 7.03. The summed E-state index contributed by atoms with van der Waals surface area (Å²) >= 11 is 1.35. The van der Waals surface area contributed by atoms with Crippen LogP contribution < -0.4 is 9.54 Å². The number of amides is 1. The van der Waals surface area contributed by atoms with Crippen molar-refractivity contribution >= 4 is 23.1 Å². The lowest BCUT2D eigenvalue weighted by molar-refractivity contribution is 0.0998. The highest BCUT2D eigenvalue weighted by Gasteiger charge is 2.06. The van der Waals surface area contributed by atoms with Crippen LogP contribution in [0.1, 0.15) is 16.1 Å². The third kappa shape index (κ3) is 2.71. The highest BCUT2D eigenvalue weighted by atomic mass is 32.1. The molecule has 3 rings (SSSR count). The average Bonchev–Trinajstić information content (AvgIpc) is 2.91. The molecule has 5 nitrogen and oxygen atoms in total. The Hall–Kier alpha value is -2.47. The van der Waals surface area contributed by atoms with Crippen LogP contribution in [0.2, 0.25) is 0 Å². The summed E-state index contributed by atoms with van der Waals surface area (Å²) in [4.78, 5) is 21.0. The van der Waals surface area contributed by atoms with Crippen LogP contribution in [0.25, 0.3) is 5.65 Å². The van der Waals surface area contributed by atoms with Crippen LogP contribution in [0, 0.1) is 6.92 Å². The summed E-state index contributed by atoms with van der Waals surface area (Å²) in [6, 6.07) is 12.7. The fraction of sp³-hybridized carbons (Fsp3) is 0.133. The molecule has 21 heavy (non-hydrogen) atoms. The lowest BCUT2D eigenvalue weighted by atomic mass is 10.2. The Balaban J connectivity index is 1.98. The molecule has 3 aromatic rings. The second kappa shape index (κ2) is 5.49. The van der Waals surface area contributed by atoms with Gasteiger partial charge in [-0.3, -0.25) is 8.58 Å². The first-order valence-electron chi connectivity index (χ1n) is 6.36. The second-order valence-corrected chi connectivity index (χ2v) is 5.36. The van der Waals surface area contributed by atoms with Gasteiger partial charge in [0.05, 0.1) is 7.11 Å². The first kappa shape index (κ1) is 13.5. The Kier molecular flexibility index (Phi) is 3.53. The van der Waals surface area contributed by atoms with Crippen LogP contribution in [-0.2, 0) is 0 Å². The minimum atomic E-state index is -0.310. The molecular weight excluding hydrogens is 286 g/mol. The quantitative estimate of drug-likeness (QED) is 0.730. The van der Waals surface area contributed by atoms with Gasteiger partial charge in [-0.15, -0.1) is 0 Å². The number of nitrogens with zero attached hydrogens (tertiary/aromatic N) is 3. The Morgan fingerprint density at radius 1 is 1.24 bits per heavy atom. The van der Waals surface area contributed by atoms with E-state index in [9.17, 15) is 4.79 Å². The van der Waals surface area contributed by atoms with Crippen molar-refractivity contribution in [3.05, 3.63) is 58.5 Å². The van der Waals surface area contributed by atoms with E-state index in [1.807, 2.05) is 28.9 Å². The Morgan fingerprint density at radius 3 is 2.67 bits per heavy atom. The minimum Gasteiger partial charge on any atom is -0.497 e. The van der Waals surface area contributed by atoms with Gasteiger partial charge in [0, 0.05) is 11.3 Å². The zero-order valence-corrected chi connectivity index (χ0v) is 12.4. The first-order chi connectivity index (χ1) is 10.2. The number of hydrogen-bond donors (Lipinski definition) is 0. The molecule has 0 spiro atoms. The number of fused-ring (bicyclic) bond motifs is 1. The smallest absolute Gasteiger partial charge is 0.279 e. The second-order valence-electron chi connectivity index (χ2n) is 4.45. The molecule has 0 bridgehead atoms. The molecule has 0 aliphatic heterocycles. The summed E-state index contributed by atoms with van der Waals surface area (Å²) < 4.78 is 7.01. The predicted molar refractivity (Wildman–Crippen MR) is 80.7 cm³/mol. The maximum atomic E-state index is 12.1. The van der Waals surface area contributed by atoms with Crippen molar-refractivity contribution in [2.75, 3.05) is 7.11 Å². The van der Waals surface area contributed by atoms with Crippen molar-refractivity contribution in [1.29, 1.82) is 0 Å². The lowest BCUT2D eigenvalue weighted by Gasteiger charge is -1.98. The van der Waals surface area contributed by atoms with Gasteiger partial charge in [-0.05, 0) is 54.9 Å². The summed E-state index contributed by atoms with van der Waals surface area (Å²) in [5.41, 5.74) is 2.36. The highest BCUT2D eigenvalue weighted by Crippen LogP contribution is 2.12. The van der Waals surface area contributed by atoms with Gasteiger partial charge in [0.1, 0.15) is 11.4 Å². The molecule has 0 saturated carbocycles. The van der Waals surface area contributed by atoms with Crippen LogP contribution >= 0.6 is 11.5 Å². The summed E-state index contributed by atoms with van der Waals surface area (Å²) in [6.45, 7) is 1.99. The standard InChI is InChI=1S/C15H13N3O2S/c1-10-4-3-5-13-16-15(21-18(10)13)17-14(19)11-6-8-12(20-2)9-7-11/h3-9H,1-2H3. The van der Waals surface area contributed by atoms with E-state index < -0.39 is 0 Å². The van der Waals surface area contributed by atoms with Gasteiger partial charge >= 0.3 is 0 Å². The molecule has 0 radical (unpaired) electrons. The van der Waals surface area contributed by atoms with Crippen molar-refractivity contribution in [1.82, 2.24) is 8.77 Å². The van der Waals surface area contributed by atoms with Crippen molar-refractivity contribution in [2.24, 2.45) is 4.99 Å². The fourth-order valence-corrected chi connectivity index (χ4v) is 2.74. The van der Waals surface area contributed by atoms with E-state index in [0.29, 0.717) is 16.1 Å². The van der Waals surface area contributed by atoms with Gasteiger partial charge in [0.25, 0.3) is 5.91 Å². The van der Waals surface area contributed by atoms with E-state index in [-0.39, 0.29) is 5.91 Å². The number of benzene rings is 1.